The maximum Gasteiger partial charge on any atom is 0.275 e. The van der Waals surface area contributed by atoms with Crippen molar-refractivity contribution >= 4 is 11.8 Å². The Morgan fingerprint density at radius 3 is 2.55 bits per heavy atom. The molecule has 2 aromatic carbocycles. The van der Waals surface area contributed by atoms with E-state index in [1.807, 2.05) is 54.0 Å². The van der Waals surface area contributed by atoms with Crippen LogP contribution in [0, 0.1) is 5.92 Å². The topological polar surface area (TPSA) is 88.4 Å². The number of piperazine rings is 1. The second-order valence-electron chi connectivity index (χ2n) is 10.7. The molecule has 2 amide bonds. The molecular weight excluding hydrogens is 508 g/mol. The zero-order valence-corrected chi connectivity index (χ0v) is 23.5. The molecule has 0 saturated carbocycles. The fourth-order valence-corrected chi connectivity index (χ4v) is 5.42. The highest BCUT2D eigenvalue weighted by molar-refractivity contribution is 5.92. The van der Waals surface area contributed by atoms with Crippen molar-refractivity contribution in [2.24, 2.45) is 5.92 Å². The molecular formula is C31H38N4O5. The van der Waals surface area contributed by atoms with Crippen molar-refractivity contribution in [1.82, 2.24) is 19.7 Å². The molecule has 1 unspecified atom stereocenters. The fraction of sp³-hybridized carbons (Fsp3) is 0.452. The van der Waals surface area contributed by atoms with Gasteiger partial charge in [-0.3, -0.25) is 14.5 Å². The second-order valence-corrected chi connectivity index (χ2v) is 10.7. The number of amides is 2. The number of benzene rings is 2. The van der Waals surface area contributed by atoms with Gasteiger partial charge >= 0.3 is 0 Å². The third kappa shape index (κ3) is 6.21. The zero-order chi connectivity index (χ0) is 28.1. The van der Waals surface area contributed by atoms with E-state index >= 15 is 0 Å². The van der Waals surface area contributed by atoms with Crippen LogP contribution in [0.15, 0.2) is 59.2 Å². The van der Waals surface area contributed by atoms with Crippen molar-refractivity contribution in [3.63, 3.8) is 0 Å². The predicted octanol–water partition coefficient (Wildman–Crippen LogP) is 3.79. The molecule has 5 rings (SSSR count). The van der Waals surface area contributed by atoms with Gasteiger partial charge in [0.2, 0.25) is 11.8 Å². The molecule has 9 nitrogen and oxygen atoms in total. The molecule has 1 saturated heterocycles. The smallest absolute Gasteiger partial charge is 0.275 e. The van der Waals surface area contributed by atoms with E-state index in [0.717, 1.165) is 37.2 Å². The minimum atomic E-state index is -0.177. The number of ether oxygens (including phenoxy) is 2. The Morgan fingerprint density at radius 2 is 1.82 bits per heavy atom. The van der Waals surface area contributed by atoms with E-state index in [1.165, 1.54) is 11.8 Å². The van der Waals surface area contributed by atoms with Gasteiger partial charge in [0.05, 0.1) is 12.6 Å². The van der Waals surface area contributed by atoms with E-state index < -0.39 is 0 Å². The van der Waals surface area contributed by atoms with Crippen molar-refractivity contribution in [2.75, 3.05) is 53.0 Å². The molecule has 3 aromatic rings. The number of carbonyl (C=O) groups is 2. The average Bonchev–Trinajstić information content (AvgIpc) is 3.47. The molecule has 0 bridgehead atoms. The molecule has 40 heavy (non-hydrogen) atoms. The first-order chi connectivity index (χ1) is 19.4. The van der Waals surface area contributed by atoms with Crippen LogP contribution in [0.3, 0.4) is 0 Å². The first-order valence-electron chi connectivity index (χ1n) is 14.0. The van der Waals surface area contributed by atoms with Gasteiger partial charge in [-0.05, 0) is 35.2 Å². The molecule has 3 heterocycles. The number of carbonyl (C=O) groups excluding carboxylic acids is 2. The van der Waals surface area contributed by atoms with Crippen molar-refractivity contribution in [3.05, 3.63) is 83.1 Å². The monoisotopic (exact) mass is 546 g/mol. The summed E-state index contributed by atoms with van der Waals surface area (Å²) in [5.74, 6) is 0.927. The number of oxazole rings is 1. The number of hydrogen-bond donors (Lipinski definition) is 0. The maximum atomic E-state index is 13.2. The quantitative estimate of drug-likeness (QED) is 0.404. The van der Waals surface area contributed by atoms with Crippen LogP contribution in [0.4, 0.5) is 0 Å². The summed E-state index contributed by atoms with van der Waals surface area (Å²) in [5, 5.41) is 0. The van der Waals surface area contributed by atoms with E-state index in [1.54, 1.807) is 7.11 Å². The third-order valence-electron chi connectivity index (χ3n) is 7.64. The Hall–Kier alpha value is -3.69. The number of hydrogen-bond acceptors (Lipinski definition) is 7. The van der Waals surface area contributed by atoms with Gasteiger partial charge in [-0.2, -0.15) is 0 Å². The van der Waals surface area contributed by atoms with Crippen LogP contribution < -0.4 is 4.74 Å². The lowest BCUT2D eigenvalue weighted by molar-refractivity contribution is -0.136. The average molecular weight is 547 g/mol. The molecule has 2 aliphatic rings. The lowest BCUT2D eigenvalue weighted by atomic mass is 9.87. The van der Waals surface area contributed by atoms with Crippen LogP contribution in [0.25, 0.3) is 0 Å². The van der Waals surface area contributed by atoms with Gasteiger partial charge in [-0.1, -0.05) is 50.2 Å². The van der Waals surface area contributed by atoms with Gasteiger partial charge in [0.1, 0.15) is 12.0 Å². The van der Waals surface area contributed by atoms with Crippen molar-refractivity contribution in [3.8, 4) is 5.75 Å². The van der Waals surface area contributed by atoms with Crippen LogP contribution in [-0.4, -0.2) is 84.5 Å². The summed E-state index contributed by atoms with van der Waals surface area (Å²) in [4.78, 5) is 36.6. The highest BCUT2D eigenvalue weighted by Gasteiger charge is 2.33. The number of rotatable bonds is 9. The van der Waals surface area contributed by atoms with Gasteiger partial charge in [0, 0.05) is 52.3 Å². The zero-order valence-electron chi connectivity index (χ0n) is 23.5. The second kappa shape index (κ2) is 12.7. The lowest BCUT2D eigenvalue weighted by Gasteiger charge is -2.39. The van der Waals surface area contributed by atoms with E-state index in [9.17, 15) is 9.59 Å². The highest BCUT2D eigenvalue weighted by atomic mass is 16.5. The standard InChI is InChI=1S/C31H38N4O5/c1-22(2)30(36)35-12-11-23-9-10-25(19-26(23)29(35)24-7-5-4-6-8-24)39-21-28-32-27(20-40-28)31(37)34-15-13-33(14-16-34)17-18-38-3/h4-10,19-20,22,29H,11-18,21H2,1-3H3. The Bertz CT molecular complexity index is 1300. The molecule has 0 aliphatic carbocycles. The molecule has 1 atom stereocenters. The van der Waals surface area contributed by atoms with Crippen LogP contribution in [0.2, 0.25) is 0 Å². The van der Waals surface area contributed by atoms with Crippen LogP contribution >= 0.6 is 0 Å². The molecule has 0 spiro atoms. The van der Waals surface area contributed by atoms with Gasteiger partial charge < -0.3 is 23.7 Å². The lowest BCUT2D eigenvalue weighted by Crippen LogP contribution is -2.49. The number of nitrogens with zero attached hydrogens (tertiary/aromatic N) is 4. The minimum absolute atomic E-state index is 0.0892. The Labute approximate surface area is 235 Å². The summed E-state index contributed by atoms with van der Waals surface area (Å²) in [6, 6.07) is 16.0. The molecule has 212 valence electrons. The van der Waals surface area contributed by atoms with Crippen molar-refractivity contribution in [2.45, 2.75) is 32.9 Å². The Balaban J connectivity index is 1.26. The first-order valence-corrected chi connectivity index (χ1v) is 14.0. The maximum absolute atomic E-state index is 13.2. The van der Waals surface area contributed by atoms with Gasteiger partial charge in [0.15, 0.2) is 12.3 Å². The summed E-state index contributed by atoms with van der Waals surface area (Å²) in [7, 11) is 1.70. The van der Waals surface area contributed by atoms with Crippen molar-refractivity contribution in [1.29, 1.82) is 0 Å². The summed E-state index contributed by atoms with van der Waals surface area (Å²) < 4.78 is 16.8. The molecule has 0 N–H and O–H groups in total. The molecule has 1 aromatic heterocycles. The SMILES string of the molecule is COCCN1CCN(C(=O)c2coc(COc3ccc4c(c3)C(c3ccccc3)N(C(=O)C(C)C)CC4)n2)CC1. The number of methoxy groups -OCH3 is 1. The van der Waals surface area contributed by atoms with Gasteiger partial charge in [0.25, 0.3) is 5.91 Å². The van der Waals surface area contributed by atoms with E-state index in [4.69, 9.17) is 13.9 Å². The van der Waals surface area contributed by atoms with Crippen molar-refractivity contribution < 1.29 is 23.5 Å². The van der Waals surface area contributed by atoms with Gasteiger partial charge in [-0.25, -0.2) is 4.98 Å². The molecule has 2 aliphatic heterocycles. The van der Waals surface area contributed by atoms with Crippen LogP contribution in [-0.2, 0) is 22.6 Å². The minimum Gasteiger partial charge on any atom is -0.484 e. The van der Waals surface area contributed by atoms with Gasteiger partial charge in [-0.15, -0.1) is 0 Å². The van der Waals surface area contributed by atoms with E-state index in [0.29, 0.717) is 43.6 Å². The highest BCUT2D eigenvalue weighted by Crippen LogP contribution is 2.38. The third-order valence-corrected chi connectivity index (χ3v) is 7.64. The van der Waals surface area contributed by atoms with E-state index in [2.05, 4.69) is 28.1 Å². The number of fused-ring (bicyclic) bond motifs is 1. The summed E-state index contributed by atoms with van der Waals surface area (Å²) in [6.07, 6.45) is 2.20. The summed E-state index contributed by atoms with van der Waals surface area (Å²) >= 11 is 0. The predicted molar refractivity (Wildman–Crippen MR) is 150 cm³/mol. The summed E-state index contributed by atoms with van der Waals surface area (Å²) in [6.45, 7) is 9.13. The largest absolute Gasteiger partial charge is 0.484 e. The normalized spacial score (nSPS) is 17.6. The molecule has 9 heteroatoms. The number of aromatic nitrogens is 1. The van der Waals surface area contributed by atoms with Crippen LogP contribution in [0.5, 0.6) is 5.75 Å². The molecule has 0 radical (unpaired) electrons. The Morgan fingerprint density at radius 1 is 1.05 bits per heavy atom. The first kappa shape index (κ1) is 27.9. The van der Waals surface area contributed by atoms with E-state index in [-0.39, 0.29) is 30.4 Å². The Kier molecular flexibility index (Phi) is 8.81. The van der Waals surface area contributed by atoms with Crippen LogP contribution in [0.1, 0.15) is 53.0 Å². The fourth-order valence-electron chi connectivity index (χ4n) is 5.42. The summed E-state index contributed by atoms with van der Waals surface area (Å²) in [5.41, 5.74) is 3.64. The molecule has 1 fully saturated rings.